The highest BCUT2D eigenvalue weighted by atomic mass is 16.3. The minimum Gasteiger partial charge on any atom is -0.508 e. The quantitative estimate of drug-likeness (QED) is 0.384. The lowest BCUT2D eigenvalue weighted by atomic mass is 9.92. The number of fused-ring (bicyclic) bond motifs is 2. The molecule has 1 aliphatic carbocycles. The Morgan fingerprint density at radius 1 is 0.947 bits per heavy atom. The number of hydrogen-bond donors (Lipinski definition) is 4. The second-order valence-electron chi connectivity index (χ2n) is 10.4. The van der Waals surface area contributed by atoms with E-state index in [-0.39, 0.29) is 30.5 Å². The number of carbonyl (C=O) groups is 3. The van der Waals surface area contributed by atoms with Gasteiger partial charge in [-0.25, -0.2) is 4.98 Å². The van der Waals surface area contributed by atoms with Crippen molar-refractivity contribution in [3.8, 4) is 5.75 Å². The first-order valence-electron chi connectivity index (χ1n) is 13.6. The smallest absolute Gasteiger partial charge is 0.255 e. The first kappa shape index (κ1) is 25.9. The molecule has 3 amide bonds. The van der Waals surface area contributed by atoms with Gasteiger partial charge in [-0.3, -0.25) is 19.7 Å². The number of phenolic OH excluding ortho intramolecular Hbond substituents is 1. The minimum absolute atomic E-state index is 0.0941. The van der Waals surface area contributed by atoms with Gasteiger partial charge in [-0.05, 0) is 47.9 Å². The molecule has 1 atom stereocenters. The lowest BCUT2D eigenvalue weighted by Crippen LogP contribution is -2.52. The third-order valence-corrected chi connectivity index (χ3v) is 7.72. The normalized spacial score (nSPS) is 21.0. The Labute approximate surface area is 222 Å². The van der Waals surface area contributed by atoms with Crippen LogP contribution < -0.4 is 10.6 Å². The molecule has 9 heteroatoms. The van der Waals surface area contributed by atoms with Gasteiger partial charge in [0.05, 0.1) is 0 Å². The molecule has 9 nitrogen and oxygen atoms in total. The maximum Gasteiger partial charge on any atom is 0.255 e. The van der Waals surface area contributed by atoms with E-state index in [0.717, 1.165) is 18.7 Å². The molecule has 1 saturated carbocycles. The molecule has 1 unspecified atom stereocenters. The van der Waals surface area contributed by atoms with Crippen molar-refractivity contribution in [1.82, 2.24) is 25.5 Å². The Hall–Kier alpha value is -3.72. The van der Waals surface area contributed by atoms with Crippen molar-refractivity contribution in [2.24, 2.45) is 0 Å². The Morgan fingerprint density at radius 3 is 2.34 bits per heavy atom. The third-order valence-electron chi connectivity index (χ3n) is 7.72. The zero-order valence-corrected chi connectivity index (χ0v) is 21.5. The molecule has 3 fully saturated rings. The van der Waals surface area contributed by atoms with Crippen LogP contribution in [0.25, 0.3) is 11.0 Å². The van der Waals surface area contributed by atoms with Crippen molar-refractivity contribution in [1.29, 1.82) is 0 Å². The van der Waals surface area contributed by atoms with Crippen LogP contribution >= 0.6 is 0 Å². The van der Waals surface area contributed by atoms with E-state index in [0.29, 0.717) is 23.5 Å². The molecule has 4 aliphatic rings. The van der Waals surface area contributed by atoms with E-state index in [9.17, 15) is 19.5 Å². The average Bonchev–Trinajstić information content (AvgIpc) is 3.50. The lowest BCUT2D eigenvalue weighted by molar-refractivity contribution is -0.136. The van der Waals surface area contributed by atoms with Crippen molar-refractivity contribution in [2.75, 3.05) is 13.1 Å². The molecule has 5 heterocycles. The Kier molecular flexibility index (Phi) is 8.03. The molecule has 3 aliphatic heterocycles. The number of aromatic hydroxyl groups is 1. The fourth-order valence-electron chi connectivity index (χ4n) is 5.47. The summed E-state index contributed by atoms with van der Waals surface area (Å²) in [6.45, 7) is 2.49. The molecule has 0 spiro atoms. The van der Waals surface area contributed by atoms with Gasteiger partial charge in [0.1, 0.15) is 17.4 Å². The van der Waals surface area contributed by atoms with Crippen LogP contribution in [0.2, 0.25) is 0 Å². The number of hydrogen-bond acceptors (Lipinski definition) is 6. The van der Waals surface area contributed by atoms with Crippen molar-refractivity contribution >= 4 is 28.8 Å². The third kappa shape index (κ3) is 5.72. The number of rotatable bonds is 2. The van der Waals surface area contributed by atoms with E-state index < -0.39 is 11.9 Å². The van der Waals surface area contributed by atoms with Crippen LogP contribution in [0.5, 0.6) is 5.75 Å². The highest BCUT2D eigenvalue weighted by Crippen LogP contribution is 2.29. The van der Waals surface area contributed by atoms with Crippen LogP contribution in [0.4, 0.5) is 0 Å². The predicted octanol–water partition coefficient (Wildman–Crippen LogP) is 3.74. The van der Waals surface area contributed by atoms with Crippen LogP contribution in [-0.4, -0.2) is 56.8 Å². The number of benzene rings is 1. The van der Waals surface area contributed by atoms with Gasteiger partial charge in [-0.1, -0.05) is 38.5 Å². The van der Waals surface area contributed by atoms with Gasteiger partial charge in [0.25, 0.3) is 5.91 Å². The Balaban J connectivity index is 0.000000132. The lowest BCUT2D eigenvalue weighted by Gasteiger charge is -2.29. The summed E-state index contributed by atoms with van der Waals surface area (Å²) in [7, 11) is 0. The maximum atomic E-state index is 12.2. The molecular formula is C29H35N5O4. The minimum atomic E-state index is -0.611. The molecule has 0 bridgehead atoms. The van der Waals surface area contributed by atoms with Crippen molar-refractivity contribution < 1.29 is 19.5 Å². The molecular weight excluding hydrogens is 482 g/mol. The number of aromatic nitrogens is 2. The van der Waals surface area contributed by atoms with E-state index in [1.165, 1.54) is 66.5 Å². The van der Waals surface area contributed by atoms with Gasteiger partial charge in [0.2, 0.25) is 11.8 Å². The van der Waals surface area contributed by atoms with Crippen LogP contribution in [-0.2, 0) is 16.1 Å². The van der Waals surface area contributed by atoms with E-state index in [2.05, 4.69) is 32.7 Å². The number of H-pyrrole nitrogens is 1. The monoisotopic (exact) mass is 517 g/mol. The number of nitrogens with zero attached hydrogens (tertiary/aromatic N) is 2. The summed E-state index contributed by atoms with van der Waals surface area (Å²) in [5.41, 5.74) is 3.63. The highest BCUT2D eigenvalue weighted by Gasteiger charge is 2.39. The van der Waals surface area contributed by atoms with Gasteiger partial charge >= 0.3 is 0 Å². The second kappa shape index (κ2) is 11.8. The number of imide groups is 1. The Morgan fingerprint density at radius 2 is 1.68 bits per heavy atom. The zero-order valence-electron chi connectivity index (χ0n) is 21.5. The highest BCUT2D eigenvalue weighted by molar-refractivity contribution is 6.05. The standard InChI is InChI=1S/C13H12N2O4.C10H11N3.C6H12/c16-8-1-2-9-7(5-8)6-15(13(9)19)10-3-4-11(17)14-12(10)18;1-3-12-10-9(2-4-13-10)8(1)7-5-11-6-7;1-2-4-6-5-3-1/h1-2,5,10,16H,3-4,6H2,(H,14,17,18);1-4,7,11H,5-6H2,(H,12,13);1-6H2. The van der Waals surface area contributed by atoms with Gasteiger partial charge < -0.3 is 20.3 Å². The molecule has 2 aromatic heterocycles. The van der Waals surface area contributed by atoms with E-state index in [1.807, 2.05) is 12.4 Å². The Bertz CT molecular complexity index is 1300. The number of pyridine rings is 1. The molecule has 4 N–H and O–H groups in total. The number of aromatic amines is 1. The molecule has 1 aromatic carbocycles. The first-order chi connectivity index (χ1) is 18.5. The number of nitrogens with one attached hydrogen (secondary N) is 3. The molecule has 7 rings (SSSR count). The van der Waals surface area contributed by atoms with Gasteiger partial charge in [-0.2, -0.15) is 0 Å². The van der Waals surface area contributed by atoms with Crippen LogP contribution in [0.3, 0.4) is 0 Å². The number of carbonyl (C=O) groups excluding carboxylic acids is 3. The summed E-state index contributed by atoms with van der Waals surface area (Å²) >= 11 is 0. The number of phenols is 1. The van der Waals surface area contributed by atoms with Crippen LogP contribution in [0.15, 0.2) is 42.7 Å². The summed E-state index contributed by atoms with van der Waals surface area (Å²) in [6.07, 6.45) is 13.4. The summed E-state index contributed by atoms with van der Waals surface area (Å²) < 4.78 is 0. The van der Waals surface area contributed by atoms with E-state index in [4.69, 9.17) is 0 Å². The van der Waals surface area contributed by atoms with Crippen molar-refractivity contribution in [2.45, 2.75) is 69.9 Å². The molecule has 2 saturated heterocycles. The van der Waals surface area contributed by atoms with Crippen LogP contribution in [0, 0.1) is 0 Å². The molecule has 200 valence electrons. The molecule has 38 heavy (non-hydrogen) atoms. The predicted molar refractivity (Wildman–Crippen MR) is 144 cm³/mol. The summed E-state index contributed by atoms with van der Waals surface area (Å²) in [4.78, 5) is 44.0. The van der Waals surface area contributed by atoms with Gasteiger partial charge in [-0.15, -0.1) is 0 Å². The zero-order chi connectivity index (χ0) is 26.5. The number of amides is 3. The van der Waals surface area contributed by atoms with E-state index in [1.54, 1.807) is 6.07 Å². The maximum absolute atomic E-state index is 12.2. The van der Waals surface area contributed by atoms with E-state index >= 15 is 0 Å². The topological polar surface area (TPSA) is 127 Å². The van der Waals surface area contributed by atoms with Gasteiger partial charge in [0, 0.05) is 55.3 Å². The van der Waals surface area contributed by atoms with Crippen molar-refractivity contribution in [3.05, 3.63) is 59.4 Å². The second-order valence-corrected chi connectivity index (χ2v) is 10.4. The summed E-state index contributed by atoms with van der Waals surface area (Å²) in [5, 5.41) is 16.2. The van der Waals surface area contributed by atoms with Gasteiger partial charge in [0.15, 0.2) is 0 Å². The summed E-state index contributed by atoms with van der Waals surface area (Å²) in [6, 6.07) is 8.15. The molecule has 3 aromatic rings. The first-order valence-corrected chi connectivity index (χ1v) is 13.6. The van der Waals surface area contributed by atoms with Crippen molar-refractivity contribution in [3.63, 3.8) is 0 Å². The molecule has 0 radical (unpaired) electrons. The van der Waals surface area contributed by atoms with Crippen LogP contribution in [0.1, 0.15) is 78.8 Å². The number of piperidine rings is 1. The fraction of sp³-hybridized carbons (Fsp3) is 0.448. The largest absolute Gasteiger partial charge is 0.508 e. The SMILES string of the molecule is C1CCCCC1.O=C1CCC(N2Cc3cc(O)ccc3C2=O)C(=O)N1.c1cc(C2CNC2)c2cc[nH]c2n1. The average molecular weight is 518 g/mol. The fourth-order valence-corrected chi connectivity index (χ4v) is 5.47. The summed E-state index contributed by atoms with van der Waals surface area (Å²) in [5.74, 6) is -0.188.